The first kappa shape index (κ1) is 75.3. The molecule has 1 N–H and O–H groups in total. The number of benzene rings is 9. The molecule has 9 rings (SSSR count). The number of carbonyl (C=O) groups excluding carboxylic acids is 4. The molecule has 0 amide bonds. The maximum atomic E-state index is 13.6. The highest BCUT2D eigenvalue weighted by atomic mass is 28.4. The van der Waals surface area contributed by atoms with Crippen molar-refractivity contribution >= 4 is 63.6 Å². The van der Waals surface area contributed by atoms with Gasteiger partial charge in [0.1, 0.15) is 41.1 Å². The highest BCUT2D eigenvalue weighted by molar-refractivity contribution is 6.85. The molecule has 17 heteroatoms. The minimum atomic E-state index is -2.36. The van der Waals surface area contributed by atoms with Gasteiger partial charge >= 0.3 is 0 Å². The van der Waals surface area contributed by atoms with Gasteiger partial charge in [0.2, 0.25) is 25.0 Å². The lowest BCUT2D eigenvalue weighted by Gasteiger charge is -2.25. The molecule has 0 aliphatic carbocycles. The second-order valence-electron chi connectivity index (χ2n) is 26.2. The standard InChI is InChI=1S/C30H36O5Si.C26H30O5Si.C24H26O4Si/c1-21-8-10-22(11-9-21)19-35-36(6,7)25-16-17-27(34-20-28(31)30(2,3)4)26(18-25)29(32)23-12-14-24(33-5)15-13-23;1-19-6-8-20(9-7-19)17-31-32(4,5)23-14-15-25(30-18-28-2)24(16-23)26(27)21-10-12-22(29-3)13-11-21;1-17-5-7-18(8-6-17)16-28-29(3,4)21-13-14-23(25)22(15-21)24(26)19-9-11-20(27-2)12-10-19/h8-18H,19-20H2,1-7H3;6-16H,17-18H2,1-5H3;5-15,25H,16H2,1-4H3. The largest absolute Gasteiger partial charge is 0.507 e. The summed E-state index contributed by atoms with van der Waals surface area (Å²) in [5, 5.41) is 13.2. The zero-order valence-electron chi connectivity index (χ0n) is 58.8. The molecule has 0 saturated heterocycles. The topological polar surface area (TPSA) is 172 Å². The van der Waals surface area contributed by atoms with Gasteiger partial charge in [0.25, 0.3) is 0 Å². The molecule has 0 bridgehead atoms. The van der Waals surface area contributed by atoms with Crippen LogP contribution in [0.1, 0.15) is 102 Å². The van der Waals surface area contributed by atoms with Crippen molar-refractivity contribution < 1.29 is 66.0 Å². The molecule has 97 heavy (non-hydrogen) atoms. The number of ketones is 4. The zero-order valence-corrected chi connectivity index (χ0v) is 61.8. The summed E-state index contributed by atoms with van der Waals surface area (Å²) in [6.07, 6.45) is 0. The van der Waals surface area contributed by atoms with E-state index in [1.54, 1.807) is 119 Å². The third kappa shape index (κ3) is 21.5. The summed E-state index contributed by atoms with van der Waals surface area (Å²) in [6, 6.07) is 62.3. The number of phenolic OH excluding ortho intramolecular Hbond substituents is 1. The van der Waals surface area contributed by atoms with Crippen molar-refractivity contribution in [1.82, 2.24) is 0 Å². The van der Waals surface area contributed by atoms with Crippen LogP contribution in [0.25, 0.3) is 0 Å². The van der Waals surface area contributed by atoms with Gasteiger partial charge in [0.05, 0.1) is 57.8 Å². The van der Waals surface area contributed by atoms with Crippen molar-refractivity contribution in [3.05, 3.63) is 267 Å². The predicted molar refractivity (Wildman–Crippen MR) is 392 cm³/mol. The maximum absolute atomic E-state index is 13.6. The zero-order chi connectivity index (χ0) is 70.7. The van der Waals surface area contributed by atoms with E-state index in [9.17, 15) is 24.3 Å². The number of aromatic hydroxyl groups is 1. The lowest BCUT2D eigenvalue weighted by molar-refractivity contribution is -0.128. The van der Waals surface area contributed by atoms with E-state index in [2.05, 4.69) is 133 Å². The van der Waals surface area contributed by atoms with Gasteiger partial charge in [-0.1, -0.05) is 128 Å². The van der Waals surface area contributed by atoms with Gasteiger partial charge in [0.15, 0.2) is 29.9 Å². The number of hydrogen-bond acceptors (Lipinski definition) is 14. The quantitative estimate of drug-likeness (QED) is 0.0293. The first-order valence-corrected chi connectivity index (χ1v) is 40.8. The molecule has 0 atom stereocenters. The molecule has 9 aromatic carbocycles. The van der Waals surface area contributed by atoms with Crippen LogP contribution in [0.3, 0.4) is 0 Å². The van der Waals surface area contributed by atoms with Gasteiger partial charge in [-0.25, -0.2) is 0 Å². The number of ether oxygens (including phenoxy) is 6. The monoisotopic (exact) mass is 1360 g/mol. The average Bonchev–Trinajstić information content (AvgIpc) is 0.841. The molecule has 0 unspecified atom stereocenters. The number of Topliss-reactive ketones (excluding diaryl/α,β-unsaturated/α-hetero) is 1. The summed E-state index contributed by atoms with van der Waals surface area (Å²) >= 11 is 0. The minimum absolute atomic E-state index is 0.0297. The van der Waals surface area contributed by atoms with E-state index in [1.165, 1.54) is 16.7 Å². The van der Waals surface area contributed by atoms with Crippen molar-refractivity contribution in [2.45, 2.75) is 101 Å². The summed E-state index contributed by atoms with van der Waals surface area (Å²) in [5.41, 5.74) is 9.23. The Balaban J connectivity index is 0.000000206. The fourth-order valence-electron chi connectivity index (χ4n) is 9.78. The van der Waals surface area contributed by atoms with Gasteiger partial charge in [0, 0.05) is 29.2 Å². The number of methoxy groups -OCH3 is 4. The summed E-state index contributed by atoms with van der Waals surface area (Å²) in [4.78, 5) is 52.3. The number of rotatable bonds is 27. The summed E-state index contributed by atoms with van der Waals surface area (Å²) < 4.78 is 51.3. The molecule has 0 heterocycles. The van der Waals surface area contributed by atoms with Gasteiger partial charge in [-0.2, -0.15) is 0 Å². The Bertz CT molecular complexity index is 4080. The number of aryl methyl sites for hydroxylation is 3. The Hall–Kier alpha value is -9.05. The molecular formula is C80H92O14Si3. The van der Waals surface area contributed by atoms with E-state index >= 15 is 0 Å². The van der Waals surface area contributed by atoms with E-state index < -0.39 is 30.4 Å². The normalized spacial score (nSPS) is 11.5. The molecule has 0 spiro atoms. The highest BCUT2D eigenvalue weighted by Gasteiger charge is 2.32. The Morgan fingerprint density at radius 2 is 0.680 bits per heavy atom. The fourth-order valence-corrected chi connectivity index (χ4v) is 14.8. The third-order valence-electron chi connectivity index (χ3n) is 16.5. The van der Waals surface area contributed by atoms with E-state index in [4.69, 9.17) is 41.7 Å². The maximum Gasteiger partial charge on any atom is 0.218 e. The van der Waals surface area contributed by atoms with Crippen molar-refractivity contribution in [2.75, 3.05) is 41.8 Å². The second kappa shape index (κ2) is 34.2. The van der Waals surface area contributed by atoms with Crippen LogP contribution in [-0.2, 0) is 42.6 Å². The molecule has 0 radical (unpaired) electrons. The van der Waals surface area contributed by atoms with Crippen LogP contribution in [0.4, 0.5) is 0 Å². The average molecular weight is 1360 g/mol. The molecular weight excluding hydrogens is 1270 g/mol. The molecule has 0 aromatic heterocycles. The van der Waals surface area contributed by atoms with Crippen LogP contribution in [0, 0.1) is 26.2 Å². The Morgan fingerprint density at radius 3 is 0.990 bits per heavy atom. The number of carbonyl (C=O) groups is 4. The van der Waals surface area contributed by atoms with Crippen LogP contribution in [-0.4, -0.2) is 95.0 Å². The van der Waals surface area contributed by atoms with Gasteiger partial charge in [-0.3, -0.25) is 19.2 Å². The van der Waals surface area contributed by atoms with Crippen LogP contribution in [0.2, 0.25) is 39.3 Å². The highest BCUT2D eigenvalue weighted by Crippen LogP contribution is 2.29. The lowest BCUT2D eigenvalue weighted by Crippen LogP contribution is -2.45. The molecule has 0 aliphatic heterocycles. The fraction of sp³-hybridized carbons (Fsp3) is 0.275. The smallest absolute Gasteiger partial charge is 0.218 e. The van der Waals surface area contributed by atoms with E-state index in [-0.39, 0.29) is 47.8 Å². The van der Waals surface area contributed by atoms with Crippen molar-refractivity contribution in [2.24, 2.45) is 5.41 Å². The summed E-state index contributed by atoms with van der Waals surface area (Å²) in [6.45, 7) is 25.9. The molecule has 508 valence electrons. The lowest BCUT2D eigenvalue weighted by atomic mass is 9.91. The van der Waals surface area contributed by atoms with Crippen LogP contribution in [0.5, 0.6) is 34.5 Å². The van der Waals surface area contributed by atoms with Crippen LogP contribution >= 0.6 is 0 Å². The second-order valence-corrected chi connectivity index (χ2v) is 37.9. The molecule has 0 saturated carbocycles. The van der Waals surface area contributed by atoms with Gasteiger partial charge in [-0.05, 0) is 201 Å². The molecule has 9 aromatic rings. The molecule has 0 aliphatic rings. The Kier molecular flexibility index (Phi) is 26.6. The predicted octanol–water partition coefficient (Wildman–Crippen LogP) is 15.3. The van der Waals surface area contributed by atoms with Crippen molar-refractivity contribution in [3.63, 3.8) is 0 Å². The van der Waals surface area contributed by atoms with Crippen LogP contribution in [0.15, 0.2) is 200 Å². The summed E-state index contributed by atoms with van der Waals surface area (Å²) in [5.74, 6) is 2.33. The van der Waals surface area contributed by atoms with E-state index in [0.717, 1.165) is 32.3 Å². The minimum Gasteiger partial charge on any atom is -0.507 e. The summed E-state index contributed by atoms with van der Waals surface area (Å²) in [7, 11) is -0.607. The van der Waals surface area contributed by atoms with Gasteiger partial charge < -0.3 is 46.8 Å². The van der Waals surface area contributed by atoms with Gasteiger partial charge in [-0.15, -0.1) is 0 Å². The van der Waals surface area contributed by atoms with Crippen molar-refractivity contribution in [3.8, 4) is 34.5 Å². The SMILES string of the molecule is COCOc1ccc([Si](C)(C)OCc2ccc(C)cc2)cc1C(=O)c1ccc(OC)cc1.COc1ccc(C(=O)c2cc([Si](C)(C)OCc3ccc(C)cc3)ccc2O)cc1.COc1ccc(C(=O)c2cc([Si](C)(C)OCc3ccc(C)cc3)ccc2OCC(=O)C(C)(C)C)cc1. The number of hydrogen-bond donors (Lipinski definition) is 1. The first-order chi connectivity index (χ1) is 46.0. The van der Waals surface area contributed by atoms with Crippen molar-refractivity contribution in [1.29, 1.82) is 0 Å². The molecule has 14 nitrogen and oxygen atoms in total. The Morgan fingerprint density at radius 1 is 0.381 bits per heavy atom. The third-order valence-corrected chi connectivity index (χ3v) is 24.2. The van der Waals surface area contributed by atoms with E-state index in [1.807, 2.05) is 57.2 Å². The molecule has 0 fully saturated rings. The Labute approximate surface area is 575 Å². The van der Waals surface area contributed by atoms with Crippen LogP contribution < -0.4 is 39.2 Å². The van der Waals surface area contributed by atoms with E-state index in [0.29, 0.717) is 76.4 Å². The number of phenols is 1. The first-order valence-electron chi connectivity index (χ1n) is 32.1.